The Morgan fingerprint density at radius 1 is 1.14 bits per heavy atom. The van der Waals surface area contributed by atoms with E-state index in [1.807, 2.05) is 19.9 Å². The highest BCUT2D eigenvalue weighted by Crippen LogP contribution is 2.31. The van der Waals surface area contributed by atoms with Gasteiger partial charge in [-0.3, -0.25) is 4.79 Å². The third-order valence-electron chi connectivity index (χ3n) is 4.84. The van der Waals surface area contributed by atoms with E-state index < -0.39 is 11.7 Å². The molecule has 0 spiro atoms. The topological polar surface area (TPSA) is 62.2 Å². The normalized spacial score (nSPS) is 12.8. The highest BCUT2D eigenvalue weighted by molar-refractivity contribution is 5.98. The number of aliphatic hydroxyl groups is 1. The molecule has 1 atom stereocenters. The molecule has 0 saturated carbocycles. The third-order valence-corrected chi connectivity index (χ3v) is 4.84. The summed E-state index contributed by atoms with van der Waals surface area (Å²) >= 11 is 0. The van der Waals surface area contributed by atoms with Crippen LogP contribution in [0.4, 0.5) is 13.2 Å². The van der Waals surface area contributed by atoms with Gasteiger partial charge in [-0.2, -0.15) is 13.2 Å². The summed E-state index contributed by atoms with van der Waals surface area (Å²) in [6.07, 6.45) is -3.79. The molecular weight excluding hydrogens is 381 g/mol. The number of halogens is 3. The van der Waals surface area contributed by atoms with Crippen molar-refractivity contribution >= 4 is 16.8 Å². The van der Waals surface area contributed by atoms with Crippen molar-refractivity contribution in [1.29, 1.82) is 0 Å². The van der Waals surface area contributed by atoms with Gasteiger partial charge < -0.3 is 10.4 Å². The van der Waals surface area contributed by atoms with Gasteiger partial charge >= 0.3 is 6.18 Å². The minimum absolute atomic E-state index is 0.148. The lowest BCUT2D eigenvalue weighted by Gasteiger charge is -2.14. The number of pyridine rings is 1. The molecule has 2 aromatic carbocycles. The number of nitrogens with zero attached hydrogens (tertiary/aromatic N) is 1. The molecule has 3 rings (SSSR count). The highest BCUT2D eigenvalue weighted by atomic mass is 19.4. The summed E-state index contributed by atoms with van der Waals surface area (Å²) in [5.74, 6) is -0.313. The van der Waals surface area contributed by atoms with E-state index in [1.54, 1.807) is 18.2 Å². The van der Waals surface area contributed by atoms with Gasteiger partial charge in [-0.1, -0.05) is 25.1 Å². The number of rotatable bonds is 5. The first kappa shape index (κ1) is 20.8. The van der Waals surface area contributed by atoms with Gasteiger partial charge in [0, 0.05) is 16.5 Å². The SMILES string of the molecule is CCC(CO)NC(=O)c1ccc2c(C)cc(-c3ccc(C(F)(F)F)cc3)nc2c1. The predicted molar refractivity (Wildman–Crippen MR) is 106 cm³/mol. The lowest BCUT2D eigenvalue weighted by molar-refractivity contribution is -0.137. The predicted octanol–water partition coefficient (Wildman–Crippen LogP) is 4.73. The molecule has 0 aliphatic heterocycles. The summed E-state index contributed by atoms with van der Waals surface area (Å²) in [4.78, 5) is 17.0. The number of aryl methyl sites for hydroxylation is 1. The number of carbonyl (C=O) groups excluding carboxylic acids is 1. The largest absolute Gasteiger partial charge is 0.416 e. The van der Waals surface area contributed by atoms with Crippen LogP contribution in [0.3, 0.4) is 0 Å². The van der Waals surface area contributed by atoms with Crippen molar-refractivity contribution in [3.05, 3.63) is 65.2 Å². The summed E-state index contributed by atoms with van der Waals surface area (Å²) in [5, 5.41) is 12.9. The van der Waals surface area contributed by atoms with Gasteiger partial charge in [0.15, 0.2) is 0 Å². The monoisotopic (exact) mass is 402 g/mol. The molecule has 1 heterocycles. The van der Waals surface area contributed by atoms with Gasteiger partial charge in [-0.05, 0) is 49.2 Å². The number of hydrogen-bond donors (Lipinski definition) is 2. The van der Waals surface area contributed by atoms with Gasteiger partial charge in [-0.15, -0.1) is 0 Å². The second kappa shape index (κ2) is 8.21. The zero-order valence-electron chi connectivity index (χ0n) is 16.0. The number of nitrogens with one attached hydrogen (secondary N) is 1. The Balaban J connectivity index is 1.97. The van der Waals surface area contributed by atoms with Crippen LogP contribution in [-0.2, 0) is 6.18 Å². The standard InChI is InChI=1S/C22H21F3N2O2/c1-3-17(12-28)26-21(29)15-6-9-18-13(2)10-19(27-20(18)11-15)14-4-7-16(8-5-14)22(23,24)25/h4-11,17,28H,3,12H2,1-2H3,(H,26,29). The maximum atomic E-state index is 12.8. The van der Waals surface area contributed by atoms with Crippen LogP contribution in [0.1, 0.15) is 34.8 Å². The van der Waals surface area contributed by atoms with Crippen molar-refractivity contribution < 1.29 is 23.1 Å². The van der Waals surface area contributed by atoms with E-state index in [-0.39, 0.29) is 18.6 Å². The molecule has 1 aromatic heterocycles. The second-order valence-electron chi connectivity index (χ2n) is 6.89. The van der Waals surface area contributed by atoms with Crippen LogP contribution in [-0.4, -0.2) is 28.6 Å². The number of amides is 1. The summed E-state index contributed by atoms with van der Waals surface area (Å²) in [5.41, 5.74) is 2.25. The van der Waals surface area contributed by atoms with E-state index in [2.05, 4.69) is 10.3 Å². The number of aromatic nitrogens is 1. The number of fused-ring (bicyclic) bond motifs is 1. The van der Waals surface area contributed by atoms with E-state index in [9.17, 15) is 23.1 Å². The Labute approximate surface area is 166 Å². The molecule has 0 fully saturated rings. The maximum absolute atomic E-state index is 12.8. The first-order valence-corrected chi connectivity index (χ1v) is 9.23. The zero-order valence-corrected chi connectivity index (χ0v) is 16.0. The molecule has 0 radical (unpaired) electrons. The number of aliphatic hydroxyl groups excluding tert-OH is 1. The Hall–Kier alpha value is -2.93. The summed E-state index contributed by atoms with van der Waals surface area (Å²) in [6.45, 7) is 3.60. The molecule has 4 nitrogen and oxygen atoms in total. The van der Waals surface area contributed by atoms with Crippen molar-refractivity contribution in [1.82, 2.24) is 10.3 Å². The molecule has 0 saturated heterocycles. The molecule has 0 aliphatic rings. The van der Waals surface area contributed by atoms with Crippen LogP contribution >= 0.6 is 0 Å². The molecule has 0 aliphatic carbocycles. The van der Waals surface area contributed by atoms with Crippen LogP contribution in [0.25, 0.3) is 22.2 Å². The summed E-state index contributed by atoms with van der Waals surface area (Å²) < 4.78 is 38.4. The van der Waals surface area contributed by atoms with E-state index in [0.29, 0.717) is 28.8 Å². The second-order valence-corrected chi connectivity index (χ2v) is 6.89. The fraction of sp³-hybridized carbons (Fsp3) is 0.273. The Morgan fingerprint density at radius 2 is 1.83 bits per heavy atom. The van der Waals surface area contributed by atoms with Gasteiger partial charge in [0.1, 0.15) is 0 Å². The van der Waals surface area contributed by atoms with Gasteiger partial charge in [0.05, 0.1) is 29.4 Å². The van der Waals surface area contributed by atoms with Crippen molar-refractivity contribution in [3.63, 3.8) is 0 Å². The van der Waals surface area contributed by atoms with E-state index in [1.165, 1.54) is 12.1 Å². The number of carbonyl (C=O) groups is 1. The van der Waals surface area contributed by atoms with E-state index in [0.717, 1.165) is 23.1 Å². The number of benzene rings is 2. The molecule has 7 heteroatoms. The van der Waals surface area contributed by atoms with Crippen LogP contribution in [0.2, 0.25) is 0 Å². The lowest BCUT2D eigenvalue weighted by Crippen LogP contribution is -2.36. The molecule has 3 aromatic rings. The summed E-state index contributed by atoms with van der Waals surface area (Å²) in [7, 11) is 0. The molecule has 2 N–H and O–H groups in total. The fourth-order valence-corrected chi connectivity index (χ4v) is 3.07. The number of hydrogen-bond acceptors (Lipinski definition) is 3. The van der Waals surface area contributed by atoms with Crippen LogP contribution in [0.15, 0.2) is 48.5 Å². The average Bonchev–Trinajstić information content (AvgIpc) is 2.70. The minimum Gasteiger partial charge on any atom is -0.394 e. The Morgan fingerprint density at radius 3 is 2.41 bits per heavy atom. The Kier molecular flexibility index (Phi) is 5.88. The molecule has 1 unspecified atom stereocenters. The molecule has 0 bridgehead atoms. The number of alkyl halides is 3. The fourth-order valence-electron chi connectivity index (χ4n) is 3.07. The Bertz CT molecular complexity index is 1030. The molecule has 152 valence electrons. The average molecular weight is 402 g/mol. The third kappa shape index (κ3) is 4.56. The van der Waals surface area contributed by atoms with Crippen molar-refractivity contribution in [3.8, 4) is 11.3 Å². The highest BCUT2D eigenvalue weighted by Gasteiger charge is 2.30. The van der Waals surface area contributed by atoms with E-state index >= 15 is 0 Å². The maximum Gasteiger partial charge on any atom is 0.416 e. The molecule has 29 heavy (non-hydrogen) atoms. The zero-order chi connectivity index (χ0) is 21.2. The van der Waals surface area contributed by atoms with Gasteiger partial charge in [0.25, 0.3) is 5.91 Å². The first-order chi connectivity index (χ1) is 13.7. The van der Waals surface area contributed by atoms with Crippen LogP contribution in [0, 0.1) is 6.92 Å². The van der Waals surface area contributed by atoms with Crippen molar-refractivity contribution in [2.75, 3.05) is 6.61 Å². The lowest BCUT2D eigenvalue weighted by atomic mass is 10.0. The minimum atomic E-state index is -4.39. The summed E-state index contributed by atoms with van der Waals surface area (Å²) in [6, 6.07) is 11.4. The van der Waals surface area contributed by atoms with Crippen molar-refractivity contribution in [2.24, 2.45) is 0 Å². The van der Waals surface area contributed by atoms with E-state index in [4.69, 9.17) is 0 Å². The quantitative estimate of drug-likeness (QED) is 0.649. The smallest absolute Gasteiger partial charge is 0.394 e. The van der Waals surface area contributed by atoms with Gasteiger partial charge in [-0.25, -0.2) is 4.98 Å². The van der Waals surface area contributed by atoms with Crippen molar-refractivity contribution in [2.45, 2.75) is 32.5 Å². The van der Waals surface area contributed by atoms with Crippen LogP contribution < -0.4 is 5.32 Å². The van der Waals surface area contributed by atoms with Gasteiger partial charge in [0.2, 0.25) is 0 Å². The molecular formula is C22H21F3N2O2. The molecule has 1 amide bonds. The first-order valence-electron chi connectivity index (χ1n) is 9.23. The van der Waals surface area contributed by atoms with Crippen LogP contribution in [0.5, 0.6) is 0 Å².